The van der Waals surface area contributed by atoms with Crippen LogP contribution >= 0.6 is 0 Å². The lowest BCUT2D eigenvalue weighted by atomic mass is 9.95. The summed E-state index contributed by atoms with van der Waals surface area (Å²) in [6, 6.07) is 3.40. The van der Waals surface area contributed by atoms with Crippen LogP contribution in [0.25, 0.3) is 6.08 Å². The van der Waals surface area contributed by atoms with Gasteiger partial charge in [0.05, 0.1) is 0 Å². The number of aromatic hydroxyl groups is 1. The number of benzene rings is 1. The highest BCUT2D eigenvalue weighted by Crippen LogP contribution is 2.36. The van der Waals surface area contributed by atoms with E-state index in [1.165, 1.54) is 0 Å². The highest BCUT2D eigenvalue weighted by Gasteiger charge is 2.15. The van der Waals surface area contributed by atoms with Gasteiger partial charge in [0.2, 0.25) is 0 Å². The van der Waals surface area contributed by atoms with Crippen molar-refractivity contribution in [1.82, 2.24) is 0 Å². The van der Waals surface area contributed by atoms with Crippen molar-refractivity contribution in [2.45, 2.75) is 19.8 Å². The summed E-state index contributed by atoms with van der Waals surface area (Å²) >= 11 is 0. The molecule has 78 valence electrons. The summed E-state index contributed by atoms with van der Waals surface area (Å²) in [6.45, 7) is 7.91. The van der Waals surface area contributed by atoms with E-state index in [2.05, 4.69) is 20.4 Å². The van der Waals surface area contributed by atoms with E-state index >= 15 is 0 Å². The van der Waals surface area contributed by atoms with Gasteiger partial charge in [0.1, 0.15) is 17.3 Å². The predicted octanol–water partition coefficient (Wildman–Crippen LogP) is 3.43. The predicted molar refractivity (Wildman–Crippen MR) is 61.0 cm³/mol. The molecular weight excluding hydrogens is 188 g/mol. The summed E-state index contributed by atoms with van der Waals surface area (Å²) in [6.07, 6.45) is 3.82. The Morgan fingerprint density at radius 1 is 1.27 bits per heavy atom. The lowest BCUT2D eigenvalue weighted by Gasteiger charge is -2.19. The van der Waals surface area contributed by atoms with Gasteiger partial charge < -0.3 is 9.84 Å². The van der Waals surface area contributed by atoms with E-state index in [0.29, 0.717) is 17.4 Å². The van der Waals surface area contributed by atoms with E-state index < -0.39 is 0 Å². The molecule has 1 aliphatic heterocycles. The highest BCUT2D eigenvalue weighted by atomic mass is 16.5. The van der Waals surface area contributed by atoms with Gasteiger partial charge in [-0.15, -0.1) is 0 Å². The van der Waals surface area contributed by atoms with Gasteiger partial charge in [-0.1, -0.05) is 20.4 Å². The van der Waals surface area contributed by atoms with Gasteiger partial charge >= 0.3 is 0 Å². The molecule has 0 unspecified atom stereocenters. The Hall–Kier alpha value is -1.70. The van der Waals surface area contributed by atoms with Crippen LogP contribution in [0.4, 0.5) is 0 Å². The summed E-state index contributed by atoms with van der Waals surface area (Å²) in [5, 5.41) is 9.57. The average molecular weight is 202 g/mol. The molecule has 0 radical (unpaired) electrons. The zero-order valence-corrected chi connectivity index (χ0v) is 8.95. The lowest BCUT2D eigenvalue weighted by Crippen LogP contribution is -2.02. The van der Waals surface area contributed by atoms with Gasteiger partial charge in [-0.3, -0.25) is 0 Å². The van der Waals surface area contributed by atoms with Crippen LogP contribution in [0.15, 0.2) is 30.5 Å². The van der Waals surface area contributed by atoms with Crippen LogP contribution in [0, 0.1) is 0 Å². The molecule has 2 rings (SSSR count). The van der Waals surface area contributed by atoms with Crippen molar-refractivity contribution in [3.8, 4) is 11.5 Å². The van der Waals surface area contributed by atoms with E-state index in [0.717, 1.165) is 11.1 Å². The van der Waals surface area contributed by atoms with Gasteiger partial charge in [-0.25, -0.2) is 0 Å². The Labute approximate surface area is 89.5 Å². The molecule has 0 atom stereocenters. The Bertz CT molecular complexity index is 442. The van der Waals surface area contributed by atoms with E-state index in [4.69, 9.17) is 4.74 Å². The van der Waals surface area contributed by atoms with Crippen LogP contribution in [0.3, 0.4) is 0 Å². The molecule has 0 aromatic heterocycles. The monoisotopic (exact) mass is 202 g/mol. The SMILES string of the molecule is C=C1C=Cc2c(cc(O)cc2C(C)C)O1. The number of phenolic OH excluding ortho intramolecular Hbond substituents is 1. The molecule has 0 amide bonds. The van der Waals surface area contributed by atoms with Crippen LogP contribution in [-0.2, 0) is 0 Å². The number of ether oxygens (including phenoxy) is 1. The number of phenols is 1. The number of allylic oxidation sites excluding steroid dienone is 1. The summed E-state index contributed by atoms with van der Waals surface area (Å²) in [5.41, 5.74) is 2.13. The molecule has 15 heavy (non-hydrogen) atoms. The summed E-state index contributed by atoms with van der Waals surface area (Å²) < 4.78 is 5.46. The third-order valence-electron chi connectivity index (χ3n) is 2.46. The molecule has 2 nitrogen and oxygen atoms in total. The van der Waals surface area contributed by atoms with Crippen molar-refractivity contribution in [1.29, 1.82) is 0 Å². The summed E-state index contributed by atoms with van der Waals surface area (Å²) in [7, 11) is 0. The van der Waals surface area contributed by atoms with Gasteiger partial charge in [0, 0.05) is 11.6 Å². The molecule has 0 fully saturated rings. The largest absolute Gasteiger partial charge is 0.508 e. The number of fused-ring (bicyclic) bond motifs is 1. The Morgan fingerprint density at radius 3 is 2.67 bits per heavy atom. The Morgan fingerprint density at radius 2 is 2.00 bits per heavy atom. The van der Waals surface area contributed by atoms with Gasteiger partial charge in [0.15, 0.2) is 0 Å². The van der Waals surface area contributed by atoms with Crippen LogP contribution in [0.2, 0.25) is 0 Å². The quantitative estimate of drug-likeness (QED) is 0.756. The molecule has 1 aliphatic rings. The molecule has 1 N–H and O–H groups in total. The second kappa shape index (κ2) is 3.46. The topological polar surface area (TPSA) is 29.5 Å². The standard InChI is InChI=1S/C13H14O2/c1-8(2)12-6-10(14)7-13-11(12)5-4-9(3)15-13/h4-8,14H,3H2,1-2H3. The van der Waals surface area contributed by atoms with E-state index in [-0.39, 0.29) is 5.75 Å². The highest BCUT2D eigenvalue weighted by molar-refractivity contribution is 5.68. The van der Waals surface area contributed by atoms with Crippen LogP contribution < -0.4 is 4.74 Å². The third kappa shape index (κ3) is 1.75. The lowest BCUT2D eigenvalue weighted by molar-refractivity contribution is 0.429. The minimum absolute atomic E-state index is 0.237. The van der Waals surface area contributed by atoms with E-state index in [1.54, 1.807) is 12.1 Å². The molecule has 0 saturated heterocycles. The fourth-order valence-corrected chi connectivity index (χ4v) is 1.73. The molecule has 1 aromatic rings. The zero-order chi connectivity index (χ0) is 11.0. The zero-order valence-electron chi connectivity index (χ0n) is 8.95. The van der Waals surface area contributed by atoms with Crippen molar-refractivity contribution < 1.29 is 9.84 Å². The first-order valence-corrected chi connectivity index (χ1v) is 4.99. The Balaban J connectivity index is 2.61. The van der Waals surface area contributed by atoms with Crippen LogP contribution in [-0.4, -0.2) is 5.11 Å². The number of hydrogen-bond acceptors (Lipinski definition) is 2. The molecular formula is C13H14O2. The first-order chi connectivity index (χ1) is 7.08. The fraction of sp³-hybridized carbons (Fsp3) is 0.231. The van der Waals surface area contributed by atoms with Crippen molar-refractivity contribution in [2.75, 3.05) is 0 Å². The first-order valence-electron chi connectivity index (χ1n) is 4.99. The maximum absolute atomic E-state index is 9.57. The maximum atomic E-state index is 9.57. The maximum Gasteiger partial charge on any atom is 0.138 e. The molecule has 2 heteroatoms. The number of rotatable bonds is 1. The van der Waals surface area contributed by atoms with Crippen molar-refractivity contribution in [3.63, 3.8) is 0 Å². The van der Waals surface area contributed by atoms with Crippen LogP contribution in [0.5, 0.6) is 11.5 Å². The van der Waals surface area contributed by atoms with Gasteiger partial charge in [-0.2, -0.15) is 0 Å². The minimum atomic E-state index is 0.237. The van der Waals surface area contributed by atoms with E-state index in [1.807, 2.05) is 12.2 Å². The summed E-state index contributed by atoms with van der Waals surface area (Å²) in [5.74, 6) is 1.88. The molecule has 1 heterocycles. The normalized spacial score (nSPS) is 13.9. The van der Waals surface area contributed by atoms with Crippen molar-refractivity contribution in [3.05, 3.63) is 41.7 Å². The summed E-state index contributed by atoms with van der Waals surface area (Å²) in [4.78, 5) is 0. The first kappa shape index (κ1) is 9.84. The average Bonchev–Trinajstić information content (AvgIpc) is 2.15. The molecule has 0 aliphatic carbocycles. The van der Waals surface area contributed by atoms with Crippen LogP contribution in [0.1, 0.15) is 30.9 Å². The second-order valence-electron chi connectivity index (χ2n) is 4.00. The third-order valence-corrected chi connectivity index (χ3v) is 2.46. The van der Waals surface area contributed by atoms with Crippen molar-refractivity contribution in [2.24, 2.45) is 0 Å². The van der Waals surface area contributed by atoms with Gasteiger partial charge in [-0.05, 0) is 29.7 Å². The minimum Gasteiger partial charge on any atom is -0.508 e. The second-order valence-corrected chi connectivity index (χ2v) is 4.00. The van der Waals surface area contributed by atoms with Crippen molar-refractivity contribution >= 4 is 6.08 Å². The van der Waals surface area contributed by atoms with Gasteiger partial charge in [0.25, 0.3) is 0 Å². The fourth-order valence-electron chi connectivity index (χ4n) is 1.73. The molecule has 1 aromatic carbocycles. The number of hydrogen-bond donors (Lipinski definition) is 1. The Kier molecular flexibility index (Phi) is 2.27. The van der Waals surface area contributed by atoms with E-state index in [9.17, 15) is 5.11 Å². The smallest absolute Gasteiger partial charge is 0.138 e. The molecule has 0 bridgehead atoms. The molecule has 0 saturated carbocycles. The molecule has 0 spiro atoms.